The topological polar surface area (TPSA) is 41.5 Å². The van der Waals surface area contributed by atoms with Crippen LogP contribution >= 0.6 is 22.9 Å². The van der Waals surface area contributed by atoms with E-state index in [1.807, 2.05) is 12.1 Å². The van der Waals surface area contributed by atoms with Crippen LogP contribution in [-0.2, 0) is 11.2 Å². The van der Waals surface area contributed by atoms with Crippen LogP contribution in [0.25, 0.3) is 0 Å². The molecular formula is C21H29ClN4OS. The lowest BCUT2D eigenvalue weighted by Crippen LogP contribution is -2.48. The Labute approximate surface area is 176 Å². The molecule has 2 fully saturated rings. The van der Waals surface area contributed by atoms with Crippen LogP contribution in [0.1, 0.15) is 37.3 Å². The van der Waals surface area contributed by atoms with Crippen LogP contribution in [0.4, 0.5) is 5.13 Å². The number of nitrogens with zero attached hydrogens (tertiary/aromatic N) is 4. The first-order valence-electron chi connectivity index (χ1n) is 10.2. The first kappa shape index (κ1) is 20.1. The zero-order valence-corrected chi connectivity index (χ0v) is 18.3. The highest BCUT2D eigenvalue weighted by Crippen LogP contribution is 2.28. The molecule has 2 unspecified atom stereocenters. The quantitative estimate of drug-likeness (QED) is 0.728. The molecule has 3 heterocycles. The fourth-order valence-electron chi connectivity index (χ4n) is 4.33. The highest BCUT2D eigenvalue weighted by Gasteiger charge is 2.27. The van der Waals surface area contributed by atoms with Crippen molar-refractivity contribution in [3.05, 3.63) is 39.9 Å². The van der Waals surface area contributed by atoms with Crippen LogP contribution < -0.4 is 4.90 Å². The van der Waals surface area contributed by atoms with Crippen LogP contribution in [0.2, 0.25) is 5.02 Å². The van der Waals surface area contributed by atoms with Gasteiger partial charge in [0.15, 0.2) is 0 Å². The smallest absolute Gasteiger partial charge is 0.208 e. The lowest BCUT2D eigenvalue weighted by molar-refractivity contribution is -0.0720. The number of rotatable bonds is 5. The Balaban J connectivity index is 1.27. The van der Waals surface area contributed by atoms with E-state index in [1.54, 1.807) is 11.3 Å². The van der Waals surface area contributed by atoms with E-state index >= 15 is 0 Å². The normalized spacial score (nSPS) is 24.6. The summed E-state index contributed by atoms with van der Waals surface area (Å²) in [6.45, 7) is 9.85. The molecule has 2 aliphatic heterocycles. The lowest BCUT2D eigenvalue weighted by atomic mass is 9.96. The summed E-state index contributed by atoms with van der Waals surface area (Å²) in [6.07, 6.45) is 3.98. The monoisotopic (exact) mass is 420 g/mol. The van der Waals surface area contributed by atoms with Gasteiger partial charge in [0, 0.05) is 44.2 Å². The number of anilines is 1. The van der Waals surface area contributed by atoms with Crippen molar-refractivity contribution in [2.24, 2.45) is 5.92 Å². The lowest BCUT2D eigenvalue weighted by Gasteiger charge is -2.39. The summed E-state index contributed by atoms with van der Waals surface area (Å²) < 4.78 is 5.86. The van der Waals surface area contributed by atoms with Crippen molar-refractivity contribution in [1.82, 2.24) is 15.1 Å². The molecule has 1 aromatic carbocycles. The number of benzene rings is 1. The van der Waals surface area contributed by atoms with Gasteiger partial charge in [-0.2, -0.15) is 0 Å². The van der Waals surface area contributed by atoms with Crippen molar-refractivity contribution in [3.63, 3.8) is 0 Å². The maximum absolute atomic E-state index is 5.97. The van der Waals surface area contributed by atoms with E-state index in [-0.39, 0.29) is 0 Å². The third-order valence-electron chi connectivity index (χ3n) is 5.62. The largest absolute Gasteiger partial charge is 0.373 e. The molecule has 28 heavy (non-hydrogen) atoms. The Kier molecular flexibility index (Phi) is 6.51. The minimum atomic E-state index is 0.351. The van der Waals surface area contributed by atoms with E-state index in [9.17, 15) is 0 Å². The molecule has 2 aromatic rings. The van der Waals surface area contributed by atoms with Crippen molar-refractivity contribution < 1.29 is 4.74 Å². The summed E-state index contributed by atoms with van der Waals surface area (Å²) in [5, 5.41) is 11.8. The van der Waals surface area contributed by atoms with Gasteiger partial charge in [0.25, 0.3) is 0 Å². The highest BCUT2D eigenvalue weighted by molar-refractivity contribution is 7.15. The Morgan fingerprint density at radius 2 is 1.75 bits per heavy atom. The van der Waals surface area contributed by atoms with E-state index in [2.05, 4.69) is 46.0 Å². The summed E-state index contributed by atoms with van der Waals surface area (Å²) in [4.78, 5) is 5.00. The predicted octanol–water partition coefficient (Wildman–Crippen LogP) is 4.11. The summed E-state index contributed by atoms with van der Waals surface area (Å²) in [7, 11) is 0. The minimum Gasteiger partial charge on any atom is -0.373 e. The van der Waals surface area contributed by atoms with E-state index in [0.29, 0.717) is 12.2 Å². The molecule has 5 nitrogen and oxygen atoms in total. The van der Waals surface area contributed by atoms with E-state index < -0.39 is 0 Å². The van der Waals surface area contributed by atoms with Crippen molar-refractivity contribution in [3.8, 4) is 0 Å². The second-order valence-corrected chi connectivity index (χ2v) is 9.66. The van der Waals surface area contributed by atoms with Gasteiger partial charge < -0.3 is 9.64 Å². The molecule has 0 saturated carbocycles. The zero-order valence-electron chi connectivity index (χ0n) is 16.7. The molecule has 4 rings (SSSR count). The number of piperidine rings is 1. The zero-order chi connectivity index (χ0) is 19.5. The number of ether oxygens (including phenoxy) is 1. The summed E-state index contributed by atoms with van der Waals surface area (Å²) in [5.41, 5.74) is 1.22. The first-order valence-corrected chi connectivity index (χ1v) is 11.4. The van der Waals surface area contributed by atoms with Crippen LogP contribution in [0.5, 0.6) is 0 Å². The molecular weight excluding hydrogens is 392 g/mol. The van der Waals surface area contributed by atoms with Gasteiger partial charge in [0.2, 0.25) is 5.13 Å². The second kappa shape index (κ2) is 9.08. The Hall–Kier alpha value is -1.21. The number of hydrogen-bond donors (Lipinski definition) is 0. The van der Waals surface area contributed by atoms with Gasteiger partial charge in [-0.25, -0.2) is 0 Å². The van der Waals surface area contributed by atoms with Gasteiger partial charge in [-0.05, 0) is 50.3 Å². The Morgan fingerprint density at radius 1 is 1.07 bits per heavy atom. The summed E-state index contributed by atoms with van der Waals surface area (Å²) in [5.74, 6) is 0.773. The molecule has 0 bridgehead atoms. The Bertz CT molecular complexity index is 750. The minimum absolute atomic E-state index is 0.351. The van der Waals surface area contributed by atoms with Crippen LogP contribution in [0, 0.1) is 5.92 Å². The highest BCUT2D eigenvalue weighted by atomic mass is 35.5. The summed E-state index contributed by atoms with van der Waals surface area (Å²) >= 11 is 7.69. The van der Waals surface area contributed by atoms with Crippen LogP contribution in [0.3, 0.4) is 0 Å². The third kappa shape index (κ3) is 5.23. The summed E-state index contributed by atoms with van der Waals surface area (Å²) in [6, 6.07) is 7.98. The van der Waals surface area contributed by atoms with Crippen molar-refractivity contribution in [2.75, 3.05) is 37.6 Å². The van der Waals surface area contributed by atoms with Crippen LogP contribution in [-0.4, -0.2) is 60.0 Å². The van der Waals surface area contributed by atoms with Gasteiger partial charge in [0.1, 0.15) is 5.01 Å². The second-order valence-electron chi connectivity index (χ2n) is 8.19. The molecule has 2 atom stereocenters. The predicted molar refractivity (Wildman–Crippen MR) is 116 cm³/mol. The standard InChI is InChI=1S/C21H29ClN4OS/c1-15-12-25(13-16(2)27-15)14-18-7-9-26(10-8-18)21-24-23-20(28-21)11-17-3-5-19(22)6-4-17/h3-6,15-16,18H,7-14H2,1-2H3. The van der Waals surface area contributed by atoms with Gasteiger partial charge >= 0.3 is 0 Å². The van der Waals surface area contributed by atoms with E-state index in [4.69, 9.17) is 16.3 Å². The SMILES string of the molecule is CC1CN(CC2CCN(c3nnc(Cc4ccc(Cl)cc4)s3)CC2)CC(C)O1. The van der Waals surface area contributed by atoms with E-state index in [0.717, 1.165) is 53.7 Å². The third-order valence-corrected chi connectivity index (χ3v) is 6.86. The molecule has 152 valence electrons. The number of aromatic nitrogens is 2. The molecule has 0 amide bonds. The van der Waals surface area contributed by atoms with Gasteiger partial charge in [0.05, 0.1) is 12.2 Å². The fourth-order valence-corrected chi connectivity index (χ4v) is 5.38. The first-order chi connectivity index (χ1) is 13.5. The number of morpholine rings is 1. The van der Waals surface area contributed by atoms with Crippen molar-refractivity contribution in [2.45, 2.75) is 45.3 Å². The molecule has 2 aliphatic rings. The fraction of sp³-hybridized carbons (Fsp3) is 0.619. The molecule has 2 saturated heterocycles. The molecule has 0 radical (unpaired) electrons. The van der Waals surface area contributed by atoms with Gasteiger partial charge in [-0.3, -0.25) is 4.90 Å². The average Bonchev–Trinajstić information content (AvgIpc) is 3.12. The molecule has 0 N–H and O–H groups in total. The Morgan fingerprint density at radius 3 is 2.43 bits per heavy atom. The number of halogens is 1. The van der Waals surface area contributed by atoms with Crippen LogP contribution in [0.15, 0.2) is 24.3 Å². The maximum atomic E-state index is 5.97. The van der Waals surface area contributed by atoms with E-state index in [1.165, 1.54) is 24.9 Å². The molecule has 0 aliphatic carbocycles. The number of hydrogen-bond acceptors (Lipinski definition) is 6. The molecule has 7 heteroatoms. The average molecular weight is 421 g/mol. The molecule has 1 aromatic heterocycles. The van der Waals surface area contributed by atoms with Crippen molar-refractivity contribution in [1.29, 1.82) is 0 Å². The maximum Gasteiger partial charge on any atom is 0.208 e. The van der Waals surface area contributed by atoms with Gasteiger partial charge in [-0.15, -0.1) is 10.2 Å². The van der Waals surface area contributed by atoms with Crippen molar-refractivity contribution >= 4 is 28.1 Å². The molecule has 0 spiro atoms. The van der Waals surface area contributed by atoms with Gasteiger partial charge in [-0.1, -0.05) is 35.1 Å².